The Labute approximate surface area is 121 Å². The molecule has 1 aromatic carbocycles. The van der Waals surface area contributed by atoms with Gasteiger partial charge in [-0.3, -0.25) is 20.0 Å². The van der Waals surface area contributed by atoms with Crippen LogP contribution in [0.3, 0.4) is 0 Å². The molecule has 2 heterocycles. The first kappa shape index (κ1) is 13.1. The number of rotatable bonds is 2. The molecule has 1 aromatic heterocycles. The minimum absolute atomic E-state index is 0.268. The van der Waals surface area contributed by atoms with E-state index in [4.69, 9.17) is 0 Å². The summed E-state index contributed by atoms with van der Waals surface area (Å²) >= 11 is 0. The molecule has 0 aliphatic carbocycles. The summed E-state index contributed by atoms with van der Waals surface area (Å²) in [4.78, 5) is 28.2. The number of anilines is 1. The molecule has 0 radical (unpaired) electrons. The van der Waals surface area contributed by atoms with Crippen LogP contribution in [0.25, 0.3) is 0 Å². The van der Waals surface area contributed by atoms with Crippen molar-refractivity contribution in [3.8, 4) is 0 Å². The second-order valence-electron chi connectivity index (χ2n) is 4.69. The van der Waals surface area contributed by atoms with Crippen molar-refractivity contribution < 1.29 is 9.59 Å². The first-order valence-corrected chi connectivity index (χ1v) is 6.54. The van der Waals surface area contributed by atoms with E-state index in [1.807, 2.05) is 18.2 Å². The number of para-hydroxylation sites is 1. The van der Waals surface area contributed by atoms with Crippen LogP contribution in [0.15, 0.2) is 48.7 Å². The Hall–Kier alpha value is -2.89. The Kier molecular flexibility index (Phi) is 3.27. The molecule has 106 valence electrons. The molecular formula is C15H14N4O2. The molecule has 0 unspecified atom stereocenters. The van der Waals surface area contributed by atoms with Crippen LogP contribution in [0.5, 0.6) is 0 Å². The zero-order chi connectivity index (χ0) is 14.8. The van der Waals surface area contributed by atoms with Crippen molar-refractivity contribution in [3.63, 3.8) is 0 Å². The molecule has 1 atom stereocenters. The lowest BCUT2D eigenvalue weighted by atomic mass is 10.1. The summed E-state index contributed by atoms with van der Waals surface area (Å²) in [7, 11) is 0. The highest BCUT2D eigenvalue weighted by atomic mass is 16.2. The molecular weight excluding hydrogens is 268 g/mol. The maximum absolute atomic E-state index is 12.6. The molecule has 0 bridgehead atoms. The molecule has 0 fully saturated rings. The van der Waals surface area contributed by atoms with Gasteiger partial charge in [0.05, 0.1) is 11.3 Å². The molecule has 0 saturated carbocycles. The Bertz CT molecular complexity index is 687. The van der Waals surface area contributed by atoms with Gasteiger partial charge in [0.1, 0.15) is 0 Å². The lowest BCUT2D eigenvalue weighted by molar-refractivity contribution is -0.123. The van der Waals surface area contributed by atoms with Gasteiger partial charge in [0, 0.05) is 18.8 Å². The quantitative estimate of drug-likeness (QED) is 0.879. The predicted octanol–water partition coefficient (Wildman–Crippen LogP) is 1.70. The number of amides is 2. The molecule has 0 spiro atoms. The highest BCUT2D eigenvalue weighted by Crippen LogP contribution is 2.30. The Balaban J connectivity index is 2.05. The second-order valence-corrected chi connectivity index (χ2v) is 4.69. The summed E-state index contributed by atoms with van der Waals surface area (Å²) in [6.45, 7) is 1.36. The summed E-state index contributed by atoms with van der Waals surface area (Å²) in [5.41, 5.74) is 4.45. The number of carbonyl (C=O) groups excluding carboxylic acids is 2. The SMILES string of the molecule is CC(=O)NN1C(=O)c2ccccc2N[C@H]1c1ccccn1. The van der Waals surface area contributed by atoms with Crippen LogP contribution in [-0.4, -0.2) is 21.8 Å². The minimum atomic E-state index is -0.544. The third kappa shape index (κ3) is 2.43. The van der Waals surface area contributed by atoms with E-state index in [2.05, 4.69) is 15.7 Å². The zero-order valence-electron chi connectivity index (χ0n) is 11.4. The van der Waals surface area contributed by atoms with Crippen LogP contribution in [0, 0.1) is 0 Å². The number of pyridine rings is 1. The normalized spacial score (nSPS) is 16.9. The maximum Gasteiger partial charge on any atom is 0.276 e. The number of hydrogen-bond donors (Lipinski definition) is 2. The number of hydrazine groups is 1. The zero-order valence-corrected chi connectivity index (χ0v) is 11.4. The van der Waals surface area contributed by atoms with E-state index in [1.54, 1.807) is 30.5 Å². The van der Waals surface area contributed by atoms with Crippen LogP contribution in [0.4, 0.5) is 5.69 Å². The summed E-state index contributed by atoms with van der Waals surface area (Å²) in [5, 5.41) is 4.50. The standard InChI is InChI=1S/C15H14N4O2/c1-10(20)18-19-14(13-8-4-5-9-16-13)17-12-7-3-2-6-11(12)15(19)21/h2-9,14,17H,1H3,(H,18,20)/t14-/m1/s1. The molecule has 0 saturated heterocycles. The van der Waals surface area contributed by atoms with Crippen molar-refractivity contribution in [2.75, 3.05) is 5.32 Å². The van der Waals surface area contributed by atoms with Crippen molar-refractivity contribution in [3.05, 3.63) is 59.9 Å². The number of nitrogens with one attached hydrogen (secondary N) is 2. The van der Waals surface area contributed by atoms with Gasteiger partial charge in [-0.2, -0.15) is 0 Å². The predicted molar refractivity (Wildman–Crippen MR) is 77.0 cm³/mol. The molecule has 21 heavy (non-hydrogen) atoms. The number of benzene rings is 1. The molecule has 2 N–H and O–H groups in total. The van der Waals surface area contributed by atoms with E-state index >= 15 is 0 Å². The van der Waals surface area contributed by atoms with E-state index < -0.39 is 6.17 Å². The fraction of sp³-hybridized carbons (Fsp3) is 0.133. The van der Waals surface area contributed by atoms with E-state index in [1.165, 1.54) is 11.9 Å². The van der Waals surface area contributed by atoms with E-state index in [0.717, 1.165) is 5.69 Å². The highest BCUT2D eigenvalue weighted by molar-refractivity contribution is 6.02. The number of aromatic nitrogens is 1. The van der Waals surface area contributed by atoms with Gasteiger partial charge in [0.15, 0.2) is 6.17 Å². The largest absolute Gasteiger partial charge is 0.358 e. The third-order valence-electron chi connectivity index (χ3n) is 3.17. The molecule has 1 aliphatic heterocycles. The van der Waals surface area contributed by atoms with E-state index in [9.17, 15) is 9.59 Å². The average Bonchev–Trinajstić information content (AvgIpc) is 2.50. The second kappa shape index (κ2) is 5.24. The molecule has 1 aliphatic rings. The first-order chi connectivity index (χ1) is 10.2. The van der Waals surface area contributed by atoms with Crippen molar-refractivity contribution in [1.82, 2.24) is 15.4 Å². The lowest BCUT2D eigenvalue weighted by Gasteiger charge is -2.36. The van der Waals surface area contributed by atoms with Crippen LogP contribution < -0.4 is 10.7 Å². The maximum atomic E-state index is 12.6. The summed E-state index contributed by atoms with van der Waals surface area (Å²) in [6.07, 6.45) is 1.10. The Morgan fingerprint density at radius 1 is 1.24 bits per heavy atom. The van der Waals surface area contributed by atoms with Gasteiger partial charge < -0.3 is 5.32 Å². The smallest absolute Gasteiger partial charge is 0.276 e. The fourth-order valence-corrected chi connectivity index (χ4v) is 2.28. The average molecular weight is 282 g/mol. The van der Waals surface area contributed by atoms with Gasteiger partial charge in [-0.1, -0.05) is 18.2 Å². The summed E-state index contributed by atoms with van der Waals surface area (Å²) in [6, 6.07) is 12.6. The van der Waals surface area contributed by atoms with Gasteiger partial charge in [-0.05, 0) is 24.3 Å². The van der Waals surface area contributed by atoms with Crippen molar-refractivity contribution in [2.45, 2.75) is 13.1 Å². The van der Waals surface area contributed by atoms with Crippen LogP contribution in [-0.2, 0) is 4.79 Å². The Morgan fingerprint density at radius 2 is 2.00 bits per heavy atom. The van der Waals surface area contributed by atoms with E-state index in [0.29, 0.717) is 11.3 Å². The Morgan fingerprint density at radius 3 is 2.71 bits per heavy atom. The summed E-state index contributed by atoms with van der Waals surface area (Å²) < 4.78 is 0. The lowest BCUT2D eigenvalue weighted by Crippen LogP contribution is -2.52. The third-order valence-corrected chi connectivity index (χ3v) is 3.17. The van der Waals surface area contributed by atoms with Gasteiger partial charge >= 0.3 is 0 Å². The molecule has 2 aromatic rings. The van der Waals surface area contributed by atoms with Crippen molar-refractivity contribution in [2.24, 2.45) is 0 Å². The monoisotopic (exact) mass is 282 g/mol. The molecule has 3 rings (SSSR count). The molecule has 6 nitrogen and oxygen atoms in total. The molecule has 2 amide bonds. The van der Waals surface area contributed by atoms with Gasteiger partial charge in [0.25, 0.3) is 5.91 Å². The van der Waals surface area contributed by atoms with Crippen LogP contribution >= 0.6 is 0 Å². The minimum Gasteiger partial charge on any atom is -0.358 e. The van der Waals surface area contributed by atoms with Crippen LogP contribution in [0.1, 0.15) is 29.1 Å². The highest BCUT2D eigenvalue weighted by Gasteiger charge is 2.34. The van der Waals surface area contributed by atoms with Gasteiger partial charge in [0.2, 0.25) is 5.91 Å². The number of fused-ring (bicyclic) bond motifs is 1. The number of hydrogen-bond acceptors (Lipinski definition) is 4. The number of carbonyl (C=O) groups is 2. The fourth-order valence-electron chi connectivity index (χ4n) is 2.28. The van der Waals surface area contributed by atoms with Gasteiger partial charge in [-0.15, -0.1) is 0 Å². The van der Waals surface area contributed by atoms with E-state index in [-0.39, 0.29) is 11.8 Å². The first-order valence-electron chi connectivity index (χ1n) is 6.54. The van der Waals surface area contributed by atoms with Crippen molar-refractivity contribution in [1.29, 1.82) is 0 Å². The number of nitrogens with zero attached hydrogens (tertiary/aromatic N) is 2. The van der Waals surface area contributed by atoms with Crippen molar-refractivity contribution >= 4 is 17.5 Å². The van der Waals surface area contributed by atoms with Crippen LogP contribution in [0.2, 0.25) is 0 Å². The topological polar surface area (TPSA) is 74.3 Å². The van der Waals surface area contributed by atoms with Gasteiger partial charge in [-0.25, -0.2) is 5.01 Å². The molecule has 6 heteroatoms. The summed E-state index contributed by atoms with van der Waals surface area (Å²) in [5.74, 6) is -0.583.